The lowest BCUT2D eigenvalue weighted by molar-refractivity contribution is -0.384. The van der Waals surface area contributed by atoms with Crippen molar-refractivity contribution < 1.29 is 4.92 Å². The average Bonchev–Trinajstić information content (AvgIpc) is 2.50. The summed E-state index contributed by atoms with van der Waals surface area (Å²) in [6.07, 6.45) is 2.39. The first kappa shape index (κ1) is 18.7. The van der Waals surface area contributed by atoms with Gasteiger partial charge in [0.05, 0.1) is 4.92 Å². The number of nitrogens with one attached hydrogen (secondary N) is 1. The molecule has 6 nitrogen and oxygen atoms in total. The molecule has 22 heavy (non-hydrogen) atoms. The summed E-state index contributed by atoms with van der Waals surface area (Å²) in [6, 6.07) is 6.61. The largest absolute Gasteiger partial charge is 0.352 e. The van der Waals surface area contributed by atoms with Crippen LogP contribution in [0.15, 0.2) is 29.3 Å². The predicted molar refractivity (Wildman–Crippen MR) is 98.7 cm³/mol. The number of likely N-dealkylation sites (tertiary alicyclic amines) is 1. The molecule has 0 spiro atoms. The van der Waals surface area contributed by atoms with Gasteiger partial charge in [-0.1, -0.05) is 19.1 Å². The molecule has 1 aliphatic rings. The van der Waals surface area contributed by atoms with Gasteiger partial charge in [-0.3, -0.25) is 15.1 Å². The summed E-state index contributed by atoms with van der Waals surface area (Å²) in [5.74, 6) is 1.69. The number of aliphatic imine (C=N–C) groups is 1. The van der Waals surface area contributed by atoms with Crippen LogP contribution in [0.5, 0.6) is 0 Å². The summed E-state index contributed by atoms with van der Waals surface area (Å²) >= 11 is 0. The van der Waals surface area contributed by atoms with Crippen molar-refractivity contribution in [2.45, 2.75) is 26.3 Å². The van der Waals surface area contributed by atoms with Crippen LogP contribution in [0, 0.1) is 16.0 Å². The molecule has 1 N–H and O–H groups in total. The van der Waals surface area contributed by atoms with E-state index in [-0.39, 0.29) is 34.6 Å². The number of nitrogens with zero attached hydrogens (tertiary/aromatic N) is 3. The van der Waals surface area contributed by atoms with Crippen molar-refractivity contribution in [2.75, 3.05) is 20.1 Å². The second-order valence-electron chi connectivity index (χ2n) is 5.49. The van der Waals surface area contributed by atoms with Gasteiger partial charge in [0.2, 0.25) is 0 Å². The van der Waals surface area contributed by atoms with Crippen LogP contribution in [0.2, 0.25) is 0 Å². The summed E-state index contributed by atoms with van der Waals surface area (Å²) in [4.78, 5) is 16.8. The fraction of sp³-hybridized carbons (Fsp3) is 0.533. The van der Waals surface area contributed by atoms with Crippen LogP contribution in [0.3, 0.4) is 0 Å². The van der Waals surface area contributed by atoms with E-state index in [9.17, 15) is 10.1 Å². The topological polar surface area (TPSA) is 70.8 Å². The van der Waals surface area contributed by atoms with Gasteiger partial charge in [0.15, 0.2) is 5.96 Å². The van der Waals surface area contributed by atoms with Crippen molar-refractivity contribution in [3.8, 4) is 0 Å². The Morgan fingerprint density at radius 1 is 1.36 bits per heavy atom. The summed E-state index contributed by atoms with van der Waals surface area (Å²) in [7, 11) is 1.79. The monoisotopic (exact) mass is 418 g/mol. The lowest BCUT2D eigenvalue weighted by Gasteiger charge is -2.32. The predicted octanol–water partition coefficient (Wildman–Crippen LogP) is 3.02. The molecule has 1 heterocycles. The Bertz CT molecular complexity index is 511. The molecule has 1 saturated heterocycles. The number of rotatable bonds is 3. The Morgan fingerprint density at radius 3 is 2.45 bits per heavy atom. The van der Waals surface area contributed by atoms with Gasteiger partial charge in [-0.05, 0) is 24.3 Å². The van der Waals surface area contributed by atoms with Crippen molar-refractivity contribution in [2.24, 2.45) is 10.9 Å². The van der Waals surface area contributed by atoms with Crippen molar-refractivity contribution >= 4 is 35.6 Å². The number of halogens is 1. The minimum Gasteiger partial charge on any atom is -0.352 e. The zero-order valence-electron chi connectivity index (χ0n) is 13.0. The Balaban J connectivity index is 0.00000242. The van der Waals surface area contributed by atoms with Crippen LogP contribution in [-0.2, 0) is 6.54 Å². The third-order valence-electron chi connectivity index (χ3n) is 3.89. The van der Waals surface area contributed by atoms with E-state index in [4.69, 9.17) is 0 Å². The van der Waals surface area contributed by atoms with E-state index in [0.717, 1.165) is 30.5 Å². The Labute approximate surface area is 148 Å². The van der Waals surface area contributed by atoms with E-state index in [0.29, 0.717) is 6.54 Å². The number of hydrogen-bond acceptors (Lipinski definition) is 3. The van der Waals surface area contributed by atoms with Gasteiger partial charge in [-0.2, -0.15) is 0 Å². The first-order chi connectivity index (χ1) is 10.1. The molecule has 1 aromatic rings. The molecule has 7 heteroatoms. The maximum atomic E-state index is 10.6. The van der Waals surface area contributed by atoms with Crippen LogP contribution >= 0.6 is 24.0 Å². The summed E-state index contributed by atoms with van der Waals surface area (Å²) < 4.78 is 0. The highest BCUT2D eigenvalue weighted by Gasteiger charge is 2.18. The highest BCUT2D eigenvalue weighted by atomic mass is 127. The second kappa shape index (κ2) is 8.92. The van der Waals surface area contributed by atoms with Gasteiger partial charge in [0.25, 0.3) is 5.69 Å². The molecular formula is C15H23IN4O2. The van der Waals surface area contributed by atoms with Gasteiger partial charge in [-0.15, -0.1) is 24.0 Å². The summed E-state index contributed by atoms with van der Waals surface area (Å²) in [6.45, 7) is 4.96. The van der Waals surface area contributed by atoms with Crippen molar-refractivity contribution in [1.29, 1.82) is 0 Å². The number of hydrogen-bond donors (Lipinski definition) is 1. The van der Waals surface area contributed by atoms with Gasteiger partial charge < -0.3 is 10.2 Å². The molecule has 0 bridgehead atoms. The number of nitro groups is 1. The summed E-state index contributed by atoms with van der Waals surface area (Å²) in [5.41, 5.74) is 1.13. The molecule has 0 saturated carbocycles. The maximum absolute atomic E-state index is 10.6. The number of benzene rings is 1. The molecule has 122 valence electrons. The van der Waals surface area contributed by atoms with Crippen LogP contribution in [0.1, 0.15) is 25.3 Å². The van der Waals surface area contributed by atoms with Crippen LogP contribution in [0.25, 0.3) is 0 Å². The first-order valence-electron chi connectivity index (χ1n) is 7.29. The van der Waals surface area contributed by atoms with Gasteiger partial charge in [0, 0.05) is 38.8 Å². The molecule has 1 aliphatic heterocycles. The van der Waals surface area contributed by atoms with E-state index >= 15 is 0 Å². The normalized spacial score (nSPS) is 16.1. The molecule has 0 amide bonds. The third kappa shape index (κ3) is 5.11. The quantitative estimate of drug-likeness (QED) is 0.269. The van der Waals surface area contributed by atoms with Crippen LogP contribution in [0.4, 0.5) is 5.69 Å². The van der Waals surface area contributed by atoms with Crippen molar-refractivity contribution in [3.63, 3.8) is 0 Å². The van der Waals surface area contributed by atoms with E-state index in [1.165, 1.54) is 25.0 Å². The Hall–Kier alpha value is -1.38. The minimum absolute atomic E-state index is 0. The lowest BCUT2D eigenvalue weighted by Crippen LogP contribution is -2.45. The number of nitro benzene ring substituents is 1. The maximum Gasteiger partial charge on any atom is 0.269 e. The molecule has 1 fully saturated rings. The fourth-order valence-electron chi connectivity index (χ4n) is 2.47. The Kier molecular flexibility index (Phi) is 7.57. The number of guanidine groups is 1. The molecule has 0 atom stereocenters. The van der Waals surface area contributed by atoms with Crippen molar-refractivity contribution in [1.82, 2.24) is 10.2 Å². The third-order valence-corrected chi connectivity index (χ3v) is 3.89. The molecule has 0 aliphatic carbocycles. The second-order valence-corrected chi connectivity index (χ2v) is 5.49. The highest BCUT2D eigenvalue weighted by Crippen LogP contribution is 2.16. The van der Waals surface area contributed by atoms with Gasteiger partial charge >= 0.3 is 0 Å². The zero-order valence-corrected chi connectivity index (χ0v) is 15.3. The molecular weight excluding hydrogens is 395 g/mol. The zero-order chi connectivity index (χ0) is 15.2. The van der Waals surface area contributed by atoms with Gasteiger partial charge in [-0.25, -0.2) is 0 Å². The number of non-ortho nitro benzene ring substituents is 1. The molecule has 0 radical (unpaired) electrons. The van der Waals surface area contributed by atoms with E-state index in [1.807, 2.05) is 0 Å². The average molecular weight is 418 g/mol. The molecule has 1 aromatic carbocycles. The van der Waals surface area contributed by atoms with Crippen LogP contribution < -0.4 is 5.32 Å². The van der Waals surface area contributed by atoms with Crippen LogP contribution in [-0.4, -0.2) is 35.9 Å². The Morgan fingerprint density at radius 2 is 1.95 bits per heavy atom. The van der Waals surface area contributed by atoms with Gasteiger partial charge in [0.1, 0.15) is 0 Å². The standard InChI is InChI=1S/C15H22N4O2.HI/c1-12-7-9-18(10-8-12)15(16-2)17-11-13-3-5-14(6-4-13)19(20)21;/h3-6,12H,7-11H2,1-2H3,(H,16,17);1H. The van der Waals surface area contributed by atoms with E-state index in [2.05, 4.69) is 22.1 Å². The first-order valence-corrected chi connectivity index (χ1v) is 7.29. The van der Waals surface area contributed by atoms with E-state index in [1.54, 1.807) is 19.2 Å². The highest BCUT2D eigenvalue weighted by molar-refractivity contribution is 14.0. The van der Waals surface area contributed by atoms with E-state index < -0.39 is 0 Å². The smallest absolute Gasteiger partial charge is 0.269 e. The lowest BCUT2D eigenvalue weighted by atomic mass is 10.00. The molecule has 0 unspecified atom stereocenters. The van der Waals surface area contributed by atoms with Crippen molar-refractivity contribution in [3.05, 3.63) is 39.9 Å². The SMILES string of the molecule is CN=C(NCc1ccc([N+](=O)[O-])cc1)N1CCC(C)CC1.I. The fourth-order valence-corrected chi connectivity index (χ4v) is 2.47. The summed E-state index contributed by atoms with van der Waals surface area (Å²) in [5, 5.41) is 13.9. The minimum atomic E-state index is -0.384. The molecule has 2 rings (SSSR count). The number of piperidine rings is 1. The molecule has 0 aromatic heterocycles.